The molecule has 0 aliphatic heterocycles. The third kappa shape index (κ3) is 3.72. The van der Waals surface area contributed by atoms with Crippen LogP contribution in [0.3, 0.4) is 0 Å². The lowest BCUT2D eigenvalue weighted by Crippen LogP contribution is -2.04. The minimum absolute atomic E-state index is 0.309. The molecule has 0 atom stereocenters. The first-order valence-electron chi connectivity index (χ1n) is 10.6. The summed E-state index contributed by atoms with van der Waals surface area (Å²) in [6, 6.07) is 12.0. The fraction of sp³-hybridized carbons (Fsp3) is 0.200. The van der Waals surface area contributed by atoms with E-state index in [1.54, 1.807) is 23.1 Å². The second-order valence-electron chi connectivity index (χ2n) is 8.47. The Hall–Kier alpha value is -4.12. The number of nitrogens with zero attached hydrogens (tertiary/aromatic N) is 5. The van der Waals surface area contributed by atoms with Crippen LogP contribution in [-0.4, -0.2) is 25.0 Å². The van der Waals surface area contributed by atoms with Gasteiger partial charge in [0.1, 0.15) is 6.07 Å². The number of nitriles is 1. The van der Waals surface area contributed by atoms with Crippen molar-refractivity contribution in [1.29, 1.82) is 5.26 Å². The number of benzene rings is 2. The van der Waals surface area contributed by atoms with Crippen LogP contribution in [0, 0.1) is 28.9 Å². The average Bonchev–Trinajstić information content (AvgIpc) is 3.41. The lowest BCUT2D eigenvalue weighted by molar-refractivity contribution is 0.506. The second-order valence-corrected chi connectivity index (χ2v) is 8.47. The van der Waals surface area contributed by atoms with E-state index in [1.165, 1.54) is 6.07 Å². The SMILES string of the molecule is CC(C)Cc1nc2[nH]ncc2c(-c2ccc3c(cnn3Cc3ccc(F)c(F)c3)c2)c1C#N. The zero-order valence-corrected chi connectivity index (χ0v) is 18.1. The number of nitrogens with one attached hydrogen (secondary N) is 1. The molecule has 0 bridgehead atoms. The lowest BCUT2D eigenvalue weighted by atomic mass is 9.93. The summed E-state index contributed by atoms with van der Waals surface area (Å²) >= 11 is 0. The molecule has 6 nitrogen and oxygen atoms in total. The summed E-state index contributed by atoms with van der Waals surface area (Å²) in [6.07, 6.45) is 4.10. The Kier molecular flexibility index (Phi) is 5.09. The van der Waals surface area contributed by atoms with Crippen molar-refractivity contribution in [3.05, 3.63) is 77.2 Å². The molecule has 3 heterocycles. The third-order valence-corrected chi connectivity index (χ3v) is 5.63. The summed E-state index contributed by atoms with van der Waals surface area (Å²) in [5, 5.41) is 23.2. The molecule has 1 N–H and O–H groups in total. The van der Waals surface area contributed by atoms with Crippen LogP contribution in [0.25, 0.3) is 33.1 Å². The monoisotopic (exact) mass is 442 g/mol. The Morgan fingerprint density at radius 1 is 1.09 bits per heavy atom. The minimum Gasteiger partial charge on any atom is -0.261 e. The average molecular weight is 442 g/mol. The van der Waals surface area contributed by atoms with Gasteiger partial charge in [-0.3, -0.25) is 9.78 Å². The van der Waals surface area contributed by atoms with Crippen molar-refractivity contribution in [3.8, 4) is 17.2 Å². The van der Waals surface area contributed by atoms with E-state index in [9.17, 15) is 14.0 Å². The van der Waals surface area contributed by atoms with Crippen molar-refractivity contribution < 1.29 is 8.78 Å². The summed E-state index contributed by atoms with van der Waals surface area (Å²) in [5.41, 5.74) is 5.06. The van der Waals surface area contributed by atoms with Crippen molar-refractivity contribution in [2.45, 2.75) is 26.8 Å². The molecule has 0 aliphatic rings. The molecule has 0 spiro atoms. The van der Waals surface area contributed by atoms with Gasteiger partial charge in [-0.2, -0.15) is 15.5 Å². The van der Waals surface area contributed by atoms with Crippen molar-refractivity contribution >= 4 is 21.9 Å². The van der Waals surface area contributed by atoms with Crippen LogP contribution in [0.4, 0.5) is 8.78 Å². The molecule has 2 aromatic carbocycles. The molecule has 0 fully saturated rings. The number of hydrogen-bond donors (Lipinski definition) is 1. The smallest absolute Gasteiger partial charge is 0.159 e. The maximum Gasteiger partial charge on any atom is 0.159 e. The largest absolute Gasteiger partial charge is 0.261 e. The van der Waals surface area contributed by atoms with Gasteiger partial charge in [0, 0.05) is 16.3 Å². The molecule has 8 heteroatoms. The first kappa shape index (κ1) is 20.8. The van der Waals surface area contributed by atoms with Gasteiger partial charge in [-0.1, -0.05) is 26.0 Å². The molecular weight excluding hydrogens is 422 g/mol. The Morgan fingerprint density at radius 2 is 1.94 bits per heavy atom. The first-order chi connectivity index (χ1) is 15.9. The third-order valence-electron chi connectivity index (χ3n) is 5.63. The van der Waals surface area contributed by atoms with Gasteiger partial charge in [0.05, 0.1) is 35.7 Å². The Labute approximate surface area is 188 Å². The van der Waals surface area contributed by atoms with Crippen LogP contribution in [0.1, 0.15) is 30.7 Å². The fourth-order valence-corrected chi connectivity index (χ4v) is 4.15. The van der Waals surface area contributed by atoms with Crippen molar-refractivity contribution in [1.82, 2.24) is 25.0 Å². The van der Waals surface area contributed by atoms with Crippen LogP contribution in [0.5, 0.6) is 0 Å². The summed E-state index contributed by atoms with van der Waals surface area (Å²) in [7, 11) is 0. The molecule has 0 amide bonds. The van der Waals surface area contributed by atoms with E-state index in [1.807, 2.05) is 18.2 Å². The van der Waals surface area contributed by atoms with Crippen LogP contribution in [0.15, 0.2) is 48.8 Å². The van der Waals surface area contributed by atoms with Crippen molar-refractivity contribution in [2.24, 2.45) is 5.92 Å². The number of rotatable bonds is 5. The Balaban J connectivity index is 1.61. The Bertz CT molecular complexity index is 1540. The van der Waals surface area contributed by atoms with Crippen LogP contribution in [-0.2, 0) is 13.0 Å². The summed E-state index contributed by atoms with van der Waals surface area (Å²) in [5.74, 6) is -1.41. The standard InChI is InChI=1S/C25H20F2N6/c1-14(2)7-22-18(10-28)24(19-12-29-32-25(19)31-22)16-4-6-23-17(9-16)11-30-33(23)13-15-3-5-20(26)21(27)8-15/h3-6,8-9,11-12,14H,7,13H2,1-2H3,(H,29,31,32). The van der Waals surface area contributed by atoms with Gasteiger partial charge in [-0.15, -0.1) is 0 Å². The summed E-state index contributed by atoms with van der Waals surface area (Å²) in [4.78, 5) is 4.64. The number of fused-ring (bicyclic) bond motifs is 2. The van der Waals surface area contributed by atoms with Crippen LogP contribution >= 0.6 is 0 Å². The van der Waals surface area contributed by atoms with Crippen molar-refractivity contribution in [3.63, 3.8) is 0 Å². The summed E-state index contributed by atoms with van der Waals surface area (Å²) in [6.45, 7) is 4.49. The van der Waals surface area contributed by atoms with Gasteiger partial charge < -0.3 is 0 Å². The quantitative estimate of drug-likeness (QED) is 0.397. The van der Waals surface area contributed by atoms with E-state index in [4.69, 9.17) is 0 Å². The molecule has 0 unspecified atom stereocenters. The molecule has 0 radical (unpaired) electrons. The number of aromatic nitrogens is 5. The molecule has 0 saturated carbocycles. The molecule has 5 rings (SSSR count). The molecule has 3 aromatic heterocycles. The predicted octanol–water partition coefficient (Wildman–Crippen LogP) is 5.37. The highest BCUT2D eigenvalue weighted by Crippen LogP contribution is 2.34. The fourth-order valence-electron chi connectivity index (χ4n) is 4.15. The van der Waals surface area contributed by atoms with Crippen LogP contribution < -0.4 is 0 Å². The molecule has 33 heavy (non-hydrogen) atoms. The van der Waals surface area contributed by atoms with Gasteiger partial charge in [-0.05, 0) is 47.7 Å². The molecule has 5 aromatic rings. The van der Waals surface area contributed by atoms with Gasteiger partial charge in [0.2, 0.25) is 0 Å². The molecular formula is C25H20F2N6. The number of pyridine rings is 1. The number of H-pyrrole nitrogens is 1. The molecule has 164 valence electrons. The van der Waals surface area contributed by atoms with Gasteiger partial charge >= 0.3 is 0 Å². The van der Waals surface area contributed by atoms with E-state index in [0.717, 1.165) is 39.2 Å². The highest BCUT2D eigenvalue weighted by Gasteiger charge is 2.19. The maximum absolute atomic E-state index is 13.6. The minimum atomic E-state index is -0.880. The zero-order valence-electron chi connectivity index (χ0n) is 18.1. The number of aromatic amines is 1. The van der Waals surface area contributed by atoms with Gasteiger partial charge in [0.25, 0.3) is 0 Å². The highest BCUT2D eigenvalue weighted by atomic mass is 19.2. The van der Waals surface area contributed by atoms with E-state index >= 15 is 0 Å². The zero-order chi connectivity index (χ0) is 23.1. The summed E-state index contributed by atoms with van der Waals surface area (Å²) < 4.78 is 28.6. The van der Waals surface area contributed by atoms with Gasteiger partial charge in [-0.25, -0.2) is 13.8 Å². The Morgan fingerprint density at radius 3 is 2.70 bits per heavy atom. The molecule has 0 saturated heterocycles. The second kappa shape index (κ2) is 8.10. The van der Waals surface area contributed by atoms with Crippen molar-refractivity contribution in [2.75, 3.05) is 0 Å². The maximum atomic E-state index is 13.6. The van der Waals surface area contributed by atoms with E-state index in [0.29, 0.717) is 35.7 Å². The predicted molar refractivity (Wildman–Crippen MR) is 121 cm³/mol. The number of hydrogen-bond acceptors (Lipinski definition) is 4. The lowest BCUT2D eigenvalue weighted by Gasteiger charge is -2.12. The van der Waals surface area contributed by atoms with Gasteiger partial charge in [0.15, 0.2) is 17.3 Å². The van der Waals surface area contributed by atoms with E-state index in [2.05, 4.69) is 40.2 Å². The topological polar surface area (TPSA) is 83.2 Å². The normalized spacial score (nSPS) is 11.5. The van der Waals surface area contributed by atoms with E-state index < -0.39 is 11.6 Å². The first-order valence-corrected chi connectivity index (χ1v) is 10.6. The number of halogens is 2. The molecule has 0 aliphatic carbocycles. The van der Waals surface area contributed by atoms with Crippen LogP contribution in [0.2, 0.25) is 0 Å². The highest BCUT2D eigenvalue weighted by molar-refractivity contribution is 5.98. The van der Waals surface area contributed by atoms with E-state index in [-0.39, 0.29) is 0 Å².